The number of allylic oxidation sites excluding steroid dienone is 1. The van der Waals surface area contributed by atoms with Gasteiger partial charge in [-0.05, 0) is 36.8 Å². The Morgan fingerprint density at radius 1 is 1.20 bits per heavy atom. The van der Waals surface area contributed by atoms with Crippen LogP contribution in [-0.2, 0) is 0 Å². The van der Waals surface area contributed by atoms with Crippen molar-refractivity contribution in [3.8, 4) is 0 Å². The summed E-state index contributed by atoms with van der Waals surface area (Å²) in [5.74, 6) is 1.33. The minimum Gasteiger partial charge on any atom is -0.313 e. The summed E-state index contributed by atoms with van der Waals surface area (Å²) >= 11 is 0. The minimum atomic E-state index is 0.520. The molecule has 1 fully saturated rings. The second-order valence-corrected chi connectivity index (χ2v) is 6.06. The SMILES string of the molecule is CCNC/C(=C/C(C)c1ccccc1)C1CCCCC1. The molecule has 1 aliphatic carbocycles. The van der Waals surface area contributed by atoms with E-state index in [1.807, 2.05) is 0 Å². The molecule has 1 nitrogen and oxygen atoms in total. The molecule has 110 valence electrons. The van der Waals surface area contributed by atoms with Crippen molar-refractivity contribution in [2.75, 3.05) is 13.1 Å². The zero-order valence-corrected chi connectivity index (χ0v) is 13.1. The third-order valence-corrected chi connectivity index (χ3v) is 4.50. The normalized spacial score (nSPS) is 19.0. The lowest BCUT2D eigenvalue weighted by atomic mass is 9.82. The molecule has 2 rings (SSSR count). The van der Waals surface area contributed by atoms with Crippen molar-refractivity contribution in [2.45, 2.75) is 51.9 Å². The Labute approximate surface area is 124 Å². The minimum absolute atomic E-state index is 0.520. The lowest BCUT2D eigenvalue weighted by Gasteiger charge is -2.26. The fourth-order valence-electron chi connectivity index (χ4n) is 3.26. The Bertz CT molecular complexity index is 401. The summed E-state index contributed by atoms with van der Waals surface area (Å²) in [4.78, 5) is 0. The van der Waals surface area contributed by atoms with Gasteiger partial charge in [-0.3, -0.25) is 0 Å². The number of nitrogens with one attached hydrogen (secondary N) is 1. The number of hydrogen-bond acceptors (Lipinski definition) is 1. The second kappa shape index (κ2) is 8.26. The summed E-state index contributed by atoms with van der Waals surface area (Å²) < 4.78 is 0. The summed E-state index contributed by atoms with van der Waals surface area (Å²) in [5, 5.41) is 3.53. The van der Waals surface area contributed by atoms with Gasteiger partial charge in [-0.15, -0.1) is 0 Å². The Morgan fingerprint density at radius 3 is 2.55 bits per heavy atom. The van der Waals surface area contributed by atoms with E-state index < -0.39 is 0 Å². The summed E-state index contributed by atoms with van der Waals surface area (Å²) in [5.41, 5.74) is 3.07. The van der Waals surface area contributed by atoms with E-state index in [1.165, 1.54) is 37.7 Å². The van der Waals surface area contributed by atoms with Crippen molar-refractivity contribution in [1.29, 1.82) is 0 Å². The quantitative estimate of drug-likeness (QED) is 0.725. The van der Waals surface area contributed by atoms with E-state index in [0.29, 0.717) is 5.92 Å². The van der Waals surface area contributed by atoms with Crippen molar-refractivity contribution >= 4 is 0 Å². The van der Waals surface area contributed by atoms with Crippen LogP contribution in [0.1, 0.15) is 57.4 Å². The van der Waals surface area contributed by atoms with Gasteiger partial charge in [0.2, 0.25) is 0 Å². The van der Waals surface area contributed by atoms with Crippen LogP contribution in [0.2, 0.25) is 0 Å². The van der Waals surface area contributed by atoms with Crippen LogP contribution in [0.25, 0.3) is 0 Å². The third-order valence-electron chi connectivity index (χ3n) is 4.50. The molecule has 1 N–H and O–H groups in total. The molecule has 0 amide bonds. The molecule has 1 heteroatoms. The first-order valence-corrected chi connectivity index (χ1v) is 8.27. The van der Waals surface area contributed by atoms with Crippen molar-refractivity contribution in [3.63, 3.8) is 0 Å². The molecule has 1 aliphatic rings. The Morgan fingerprint density at radius 2 is 1.90 bits per heavy atom. The predicted octanol–water partition coefficient (Wildman–Crippen LogP) is 4.91. The van der Waals surface area contributed by atoms with Crippen molar-refractivity contribution in [2.24, 2.45) is 5.92 Å². The maximum Gasteiger partial charge on any atom is 0.0167 e. The third kappa shape index (κ3) is 4.49. The first kappa shape index (κ1) is 15.3. The molecule has 1 atom stereocenters. The highest BCUT2D eigenvalue weighted by Gasteiger charge is 2.18. The molecule has 1 saturated carbocycles. The molecule has 0 heterocycles. The van der Waals surface area contributed by atoms with Gasteiger partial charge in [0, 0.05) is 6.54 Å². The topological polar surface area (TPSA) is 12.0 Å². The van der Waals surface area contributed by atoms with Gasteiger partial charge in [0.25, 0.3) is 0 Å². The molecule has 0 bridgehead atoms. The van der Waals surface area contributed by atoms with Crippen molar-refractivity contribution < 1.29 is 0 Å². The molecule has 20 heavy (non-hydrogen) atoms. The van der Waals surface area contributed by atoms with Gasteiger partial charge in [0.05, 0.1) is 0 Å². The lowest BCUT2D eigenvalue weighted by Crippen LogP contribution is -2.22. The average molecular weight is 271 g/mol. The standard InChI is InChI=1S/C19H29N/c1-3-20-15-19(18-12-8-5-9-13-18)14-16(2)17-10-6-4-7-11-17/h4,6-7,10-11,14,16,18,20H,3,5,8-9,12-13,15H2,1-2H3/b19-14-. The molecule has 1 aromatic rings. The fraction of sp³-hybridized carbons (Fsp3) is 0.579. The van der Waals surface area contributed by atoms with Crippen LogP contribution in [0.3, 0.4) is 0 Å². The molecular weight excluding hydrogens is 242 g/mol. The molecule has 0 spiro atoms. The van der Waals surface area contributed by atoms with E-state index >= 15 is 0 Å². The second-order valence-electron chi connectivity index (χ2n) is 6.06. The van der Waals surface area contributed by atoms with Crippen LogP contribution in [0.4, 0.5) is 0 Å². The van der Waals surface area contributed by atoms with Gasteiger partial charge < -0.3 is 5.32 Å². The van der Waals surface area contributed by atoms with E-state index in [0.717, 1.165) is 19.0 Å². The first-order chi connectivity index (χ1) is 9.81. The van der Waals surface area contributed by atoms with E-state index in [4.69, 9.17) is 0 Å². The number of benzene rings is 1. The number of hydrogen-bond donors (Lipinski definition) is 1. The highest BCUT2D eigenvalue weighted by molar-refractivity contribution is 5.26. The van der Waals surface area contributed by atoms with E-state index in [-0.39, 0.29) is 0 Å². The fourth-order valence-corrected chi connectivity index (χ4v) is 3.26. The Kier molecular flexibility index (Phi) is 6.32. The highest BCUT2D eigenvalue weighted by atomic mass is 14.8. The van der Waals surface area contributed by atoms with Gasteiger partial charge >= 0.3 is 0 Å². The zero-order chi connectivity index (χ0) is 14.2. The van der Waals surface area contributed by atoms with Crippen molar-refractivity contribution in [3.05, 3.63) is 47.5 Å². The summed E-state index contributed by atoms with van der Waals surface area (Å²) in [6.45, 7) is 6.64. The Balaban J connectivity index is 2.09. The van der Waals surface area contributed by atoms with Gasteiger partial charge in [-0.25, -0.2) is 0 Å². The van der Waals surface area contributed by atoms with Gasteiger partial charge in [0.15, 0.2) is 0 Å². The molecule has 0 radical (unpaired) electrons. The van der Waals surface area contributed by atoms with Crippen LogP contribution < -0.4 is 5.32 Å². The largest absolute Gasteiger partial charge is 0.313 e. The number of likely N-dealkylation sites (N-methyl/N-ethyl adjacent to an activating group) is 1. The van der Waals surface area contributed by atoms with Crippen LogP contribution in [0, 0.1) is 5.92 Å². The average Bonchev–Trinajstić information content (AvgIpc) is 2.53. The van der Waals surface area contributed by atoms with Gasteiger partial charge in [0.1, 0.15) is 0 Å². The van der Waals surface area contributed by atoms with Crippen LogP contribution in [0.15, 0.2) is 42.0 Å². The summed E-state index contributed by atoms with van der Waals surface area (Å²) in [6, 6.07) is 10.9. The van der Waals surface area contributed by atoms with E-state index in [1.54, 1.807) is 5.57 Å². The predicted molar refractivity (Wildman–Crippen MR) is 88.1 cm³/mol. The monoisotopic (exact) mass is 271 g/mol. The molecule has 1 unspecified atom stereocenters. The maximum atomic E-state index is 3.53. The molecule has 1 aromatic carbocycles. The zero-order valence-electron chi connectivity index (χ0n) is 13.1. The Hall–Kier alpha value is -1.08. The summed E-state index contributed by atoms with van der Waals surface area (Å²) in [6.07, 6.45) is 9.55. The van der Waals surface area contributed by atoms with E-state index in [2.05, 4.69) is 55.6 Å². The smallest absolute Gasteiger partial charge is 0.0167 e. The molecule has 0 aliphatic heterocycles. The van der Waals surface area contributed by atoms with Gasteiger partial charge in [-0.2, -0.15) is 0 Å². The first-order valence-electron chi connectivity index (χ1n) is 8.27. The van der Waals surface area contributed by atoms with Crippen molar-refractivity contribution in [1.82, 2.24) is 5.32 Å². The van der Waals surface area contributed by atoms with E-state index in [9.17, 15) is 0 Å². The van der Waals surface area contributed by atoms with Crippen LogP contribution in [-0.4, -0.2) is 13.1 Å². The molecular formula is C19H29N. The molecule has 0 aromatic heterocycles. The highest BCUT2D eigenvalue weighted by Crippen LogP contribution is 2.31. The van der Waals surface area contributed by atoms with Crippen LogP contribution >= 0.6 is 0 Å². The maximum absolute atomic E-state index is 3.53. The van der Waals surface area contributed by atoms with Crippen LogP contribution in [0.5, 0.6) is 0 Å². The number of rotatable bonds is 6. The lowest BCUT2D eigenvalue weighted by molar-refractivity contribution is 0.394. The summed E-state index contributed by atoms with van der Waals surface area (Å²) in [7, 11) is 0. The van der Waals surface area contributed by atoms with Gasteiger partial charge in [-0.1, -0.05) is 75.1 Å². The molecule has 0 saturated heterocycles.